The lowest BCUT2D eigenvalue weighted by molar-refractivity contribution is -0.143. The number of aliphatic hydroxyl groups excluding tert-OH is 1. The largest absolute Gasteiger partial charge is 0.481 e. The maximum absolute atomic E-state index is 12.8. The smallest absolute Gasteiger partial charge is 0.326 e. The number of aliphatic hydroxyl groups is 1. The van der Waals surface area contributed by atoms with Crippen molar-refractivity contribution >= 4 is 40.6 Å². The van der Waals surface area contributed by atoms with Crippen LogP contribution in [0.25, 0.3) is 10.9 Å². The fraction of sp³-hybridized carbons (Fsp3) is 0.381. The van der Waals surface area contributed by atoms with E-state index in [0.717, 1.165) is 10.9 Å². The van der Waals surface area contributed by atoms with Gasteiger partial charge in [0.25, 0.3) is 0 Å². The van der Waals surface area contributed by atoms with Gasteiger partial charge >= 0.3 is 11.9 Å². The standard InChI is InChI=1S/C21H27N5O8/c22-13(10-27)19(31)24-9-17(28)25-15(5-6-18(29)30)20(32)26-16(21(33)34)7-11-8-23-14-4-2-1-3-12(11)14/h1-4,8,13,15-16,23,27H,5-7,9-10,22H2,(H,24,31)(H,25,28)(H,26,32)(H,29,30)(H,33,34). The van der Waals surface area contributed by atoms with Crippen molar-refractivity contribution in [2.45, 2.75) is 37.4 Å². The van der Waals surface area contributed by atoms with Gasteiger partial charge in [-0.25, -0.2) is 4.79 Å². The Labute approximate surface area is 193 Å². The number of para-hydroxylation sites is 1. The first-order chi connectivity index (χ1) is 16.1. The lowest BCUT2D eigenvalue weighted by atomic mass is 10.0. The van der Waals surface area contributed by atoms with Crippen LogP contribution >= 0.6 is 0 Å². The Morgan fingerprint density at radius 3 is 2.35 bits per heavy atom. The summed E-state index contributed by atoms with van der Waals surface area (Å²) in [6.07, 6.45) is 0.798. The van der Waals surface area contributed by atoms with Crippen molar-refractivity contribution in [3.63, 3.8) is 0 Å². The Morgan fingerprint density at radius 2 is 1.71 bits per heavy atom. The molecule has 0 saturated heterocycles. The quantitative estimate of drug-likeness (QED) is 0.160. The highest BCUT2D eigenvalue weighted by molar-refractivity contribution is 5.93. The van der Waals surface area contributed by atoms with Gasteiger partial charge in [-0.15, -0.1) is 0 Å². The molecule has 0 fully saturated rings. The number of H-pyrrole nitrogens is 1. The van der Waals surface area contributed by atoms with E-state index < -0.39 is 67.4 Å². The highest BCUT2D eigenvalue weighted by atomic mass is 16.4. The third-order valence-electron chi connectivity index (χ3n) is 4.97. The molecule has 0 saturated carbocycles. The summed E-state index contributed by atoms with van der Waals surface area (Å²) in [5, 5.41) is 35.0. The van der Waals surface area contributed by atoms with Crippen LogP contribution in [0.1, 0.15) is 18.4 Å². The minimum Gasteiger partial charge on any atom is -0.481 e. The number of aromatic nitrogens is 1. The number of amides is 3. The highest BCUT2D eigenvalue weighted by Gasteiger charge is 2.28. The minimum atomic E-state index is -1.36. The summed E-state index contributed by atoms with van der Waals surface area (Å²) >= 11 is 0. The molecule has 34 heavy (non-hydrogen) atoms. The number of carbonyl (C=O) groups excluding carboxylic acids is 3. The summed E-state index contributed by atoms with van der Waals surface area (Å²) < 4.78 is 0. The molecule has 0 aliphatic heterocycles. The van der Waals surface area contributed by atoms with Gasteiger partial charge in [0.05, 0.1) is 13.2 Å². The fourth-order valence-electron chi connectivity index (χ4n) is 3.16. The van der Waals surface area contributed by atoms with E-state index in [1.165, 1.54) is 0 Å². The number of nitrogens with one attached hydrogen (secondary N) is 4. The van der Waals surface area contributed by atoms with Crippen LogP contribution in [0.2, 0.25) is 0 Å². The van der Waals surface area contributed by atoms with Crippen LogP contribution in [-0.2, 0) is 30.4 Å². The number of carboxylic acid groups (broad SMARTS) is 2. The number of hydrogen-bond donors (Lipinski definition) is 8. The van der Waals surface area contributed by atoms with E-state index in [2.05, 4.69) is 20.9 Å². The van der Waals surface area contributed by atoms with Crippen molar-refractivity contribution in [3.05, 3.63) is 36.0 Å². The van der Waals surface area contributed by atoms with E-state index in [1.807, 2.05) is 12.1 Å². The van der Waals surface area contributed by atoms with Gasteiger partial charge in [0.2, 0.25) is 17.7 Å². The van der Waals surface area contributed by atoms with E-state index in [9.17, 15) is 29.1 Å². The molecule has 1 aromatic heterocycles. The van der Waals surface area contributed by atoms with Crippen molar-refractivity contribution < 1.29 is 39.3 Å². The number of aliphatic carboxylic acids is 2. The van der Waals surface area contributed by atoms with Crippen molar-refractivity contribution in [2.24, 2.45) is 5.73 Å². The predicted octanol–water partition coefficient (Wildman–Crippen LogP) is -1.93. The van der Waals surface area contributed by atoms with Gasteiger partial charge in [0.1, 0.15) is 18.1 Å². The lowest BCUT2D eigenvalue weighted by Crippen LogP contribution is -2.54. The molecule has 1 heterocycles. The molecule has 9 N–H and O–H groups in total. The number of nitrogens with two attached hydrogens (primary N) is 1. The Bertz CT molecular complexity index is 1050. The van der Waals surface area contributed by atoms with Crippen molar-refractivity contribution in [1.29, 1.82) is 0 Å². The SMILES string of the molecule is NC(CO)C(=O)NCC(=O)NC(CCC(=O)O)C(=O)NC(Cc1c[nH]c2ccccc12)C(=O)O. The molecule has 3 unspecified atom stereocenters. The fourth-order valence-corrected chi connectivity index (χ4v) is 3.16. The predicted molar refractivity (Wildman–Crippen MR) is 118 cm³/mol. The number of benzene rings is 1. The Morgan fingerprint density at radius 1 is 1.00 bits per heavy atom. The second-order valence-corrected chi connectivity index (χ2v) is 7.52. The summed E-state index contributed by atoms with van der Waals surface area (Å²) in [6, 6.07) is 3.27. The van der Waals surface area contributed by atoms with E-state index in [-0.39, 0.29) is 12.8 Å². The van der Waals surface area contributed by atoms with Gasteiger partial charge in [0, 0.05) is 29.9 Å². The number of fused-ring (bicyclic) bond motifs is 1. The van der Waals surface area contributed by atoms with Crippen LogP contribution in [0.4, 0.5) is 0 Å². The average molecular weight is 477 g/mol. The highest BCUT2D eigenvalue weighted by Crippen LogP contribution is 2.19. The van der Waals surface area contributed by atoms with Crippen LogP contribution in [0, 0.1) is 0 Å². The zero-order valence-corrected chi connectivity index (χ0v) is 18.1. The molecule has 3 amide bonds. The van der Waals surface area contributed by atoms with Crippen LogP contribution in [0.15, 0.2) is 30.5 Å². The Kier molecular flexibility index (Phi) is 9.52. The molecule has 0 spiro atoms. The van der Waals surface area contributed by atoms with Crippen LogP contribution in [0.3, 0.4) is 0 Å². The first-order valence-electron chi connectivity index (χ1n) is 10.4. The summed E-state index contributed by atoms with van der Waals surface area (Å²) in [4.78, 5) is 62.3. The molecule has 0 radical (unpaired) electrons. The van der Waals surface area contributed by atoms with Gasteiger partial charge in [-0.2, -0.15) is 0 Å². The zero-order chi connectivity index (χ0) is 25.3. The van der Waals surface area contributed by atoms with Crippen LogP contribution < -0.4 is 21.7 Å². The maximum Gasteiger partial charge on any atom is 0.326 e. The monoisotopic (exact) mass is 477 g/mol. The van der Waals surface area contributed by atoms with Crippen LogP contribution in [0.5, 0.6) is 0 Å². The normalized spacial score (nSPS) is 13.5. The third kappa shape index (κ3) is 7.56. The third-order valence-corrected chi connectivity index (χ3v) is 4.97. The minimum absolute atomic E-state index is 0.0558. The number of aromatic amines is 1. The van der Waals surface area contributed by atoms with E-state index in [4.69, 9.17) is 15.9 Å². The van der Waals surface area contributed by atoms with Gasteiger partial charge in [-0.1, -0.05) is 18.2 Å². The molecule has 13 nitrogen and oxygen atoms in total. The van der Waals surface area contributed by atoms with E-state index >= 15 is 0 Å². The zero-order valence-electron chi connectivity index (χ0n) is 18.1. The topological polar surface area (TPSA) is 224 Å². The average Bonchev–Trinajstić information content (AvgIpc) is 3.21. The molecule has 3 atom stereocenters. The van der Waals surface area contributed by atoms with E-state index in [1.54, 1.807) is 18.3 Å². The van der Waals surface area contributed by atoms with Gasteiger partial charge < -0.3 is 42.0 Å². The maximum atomic E-state index is 12.8. The molecule has 0 aliphatic rings. The Balaban J connectivity index is 2.07. The molecule has 1 aromatic carbocycles. The molecule has 2 rings (SSSR count). The van der Waals surface area contributed by atoms with E-state index in [0.29, 0.717) is 5.56 Å². The molecule has 0 aliphatic carbocycles. The lowest BCUT2D eigenvalue weighted by Gasteiger charge is -2.21. The molecule has 184 valence electrons. The first kappa shape index (κ1) is 26.3. The second kappa shape index (κ2) is 12.3. The second-order valence-electron chi connectivity index (χ2n) is 7.52. The van der Waals surface area contributed by atoms with Gasteiger partial charge in [-0.3, -0.25) is 19.2 Å². The Hall–Kier alpha value is -3.97. The molecule has 13 heteroatoms. The van der Waals surface area contributed by atoms with Crippen molar-refractivity contribution in [2.75, 3.05) is 13.2 Å². The van der Waals surface area contributed by atoms with Crippen molar-refractivity contribution in [3.8, 4) is 0 Å². The van der Waals surface area contributed by atoms with Gasteiger partial charge in [-0.05, 0) is 18.1 Å². The van der Waals surface area contributed by atoms with Gasteiger partial charge in [0.15, 0.2) is 0 Å². The number of carboxylic acids is 2. The molecule has 2 aromatic rings. The number of hydrogen-bond acceptors (Lipinski definition) is 7. The number of rotatable bonds is 13. The summed E-state index contributed by atoms with van der Waals surface area (Å²) in [5.41, 5.74) is 6.77. The summed E-state index contributed by atoms with van der Waals surface area (Å²) in [6.45, 7) is -1.22. The molecule has 0 bridgehead atoms. The van der Waals surface area contributed by atoms with Crippen LogP contribution in [-0.4, -0.2) is 81.2 Å². The molecular formula is C21H27N5O8. The summed E-state index contributed by atoms with van der Waals surface area (Å²) in [7, 11) is 0. The van der Waals surface area contributed by atoms with Crippen molar-refractivity contribution in [1.82, 2.24) is 20.9 Å². The summed E-state index contributed by atoms with van der Waals surface area (Å²) in [5.74, 6) is -5.04. The number of carbonyl (C=O) groups is 5. The first-order valence-corrected chi connectivity index (χ1v) is 10.4. The molecular weight excluding hydrogens is 450 g/mol.